The zero-order valence-electron chi connectivity index (χ0n) is 16.6. The first-order valence-electron chi connectivity index (χ1n) is 9.15. The van der Waals surface area contributed by atoms with E-state index >= 15 is 0 Å². The smallest absolute Gasteiger partial charge is 0.369 e. The van der Waals surface area contributed by atoms with Gasteiger partial charge in [-0.1, -0.05) is 37.6 Å². The van der Waals surface area contributed by atoms with E-state index in [1.54, 1.807) is 13.8 Å². The van der Waals surface area contributed by atoms with Crippen molar-refractivity contribution in [2.75, 3.05) is 5.75 Å². The first-order chi connectivity index (χ1) is 14.2. The van der Waals surface area contributed by atoms with Crippen molar-refractivity contribution in [2.45, 2.75) is 30.7 Å². The van der Waals surface area contributed by atoms with E-state index in [1.807, 2.05) is 0 Å². The molecule has 1 atom stereocenters. The van der Waals surface area contributed by atoms with Crippen LogP contribution in [0.5, 0.6) is 0 Å². The average molecular weight is 476 g/mol. The molecule has 0 amide bonds. The van der Waals surface area contributed by atoms with E-state index < -0.39 is 27.4 Å². The van der Waals surface area contributed by atoms with Crippen LogP contribution in [0.15, 0.2) is 46.3 Å². The number of sulfone groups is 1. The number of halogens is 4. The molecule has 1 aliphatic rings. The normalized spacial score (nSPS) is 19.4. The maximum absolute atomic E-state index is 13.9. The van der Waals surface area contributed by atoms with Crippen LogP contribution in [0.1, 0.15) is 25.0 Å². The van der Waals surface area contributed by atoms with Crippen molar-refractivity contribution in [2.24, 2.45) is 22.4 Å². The van der Waals surface area contributed by atoms with Crippen molar-refractivity contribution >= 4 is 27.4 Å². The van der Waals surface area contributed by atoms with Crippen molar-refractivity contribution in [1.82, 2.24) is 10.9 Å². The number of nitrogens with two attached hydrogens (primary N) is 2. The SMILES string of the molecule is CC(C)CS(=O)(=O)c1ccc(-c2c(Cl)cc(C3(N)N=C(N)NN3)cc2C(F)(F)F)cc1. The molecule has 0 saturated heterocycles. The minimum atomic E-state index is -4.77. The fourth-order valence-electron chi connectivity index (χ4n) is 3.25. The lowest BCUT2D eigenvalue weighted by atomic mass is 9.95. The fraction of sp³-hybridized carbons (Fsp3) is 0.316. The number of hydrazine groups is 1. The standard InChI is InChI=1S/C19H21ClF3N5O2S/c1-10(2)9-31(29,30)13-5-3-11(4-6-13)16-14(18(21,22)23)7-12(8-15(16)20)19(25)26-17(24)27-28-19/h3-8,10,28H,9,25H2,1-2H3,(H3,24,26,27). The van der Waals surface area contributed by atoms with Crippen molar-refractivity contribution in [3.63, 3.8) is 0 Å². The van der Waals surface area contributed by atoms with Gasteiger partial charge < -0.3 is 5.73 Å². The van der Waals surface area contributed by atoms with Crippen LogP contribution in [0.3, 0.4) is 0 Å². The zero-order chi connectivity index (χ0) is 23.2. The highest BCUT2D eigenvalue weighted by Crippen LogP contribution is 2.43. The Kier molecular flexibility index (Phi) is 6.00. The highest BCUT2D eigenvalue weighted by molar-refractivity contribution is 7.91. The van der Waals surface area contributed by atoms with Gasteiger partial charge in [0.1, 0.15) is 0 Å². The van der Waals surface area contributed by atoms with Gasteiger partial charge in [0.15, 0.2) is 9.84 Å². The highest BCUT2D eigenvalue weighted by Gasteiger charge is 2.39. The Morgan fingerprint density at radius 1 is 1.19 bits per heavy atom. The van der Waals surface area contributed by atoms with Crippen LogP contribution < -0.4 is 22.3 Å². The molecular weight excluding hydrogens is 455 g/mol. The predicted octanol–water partition coefficient (Wildman–Crippen LogP) is 2.95. The summed E-state index contributed by atoms with van der Waals surface area (Å²) in [5, 5.41) is -0.227. The van der Waals surface area contributed by atoms with Crippen molar-refractivity contribution < 1.29 is 21.6 Å². The Balaban J connectivity index is 2.11. The molecule has 3 rings (SSSR count). The van der Waals surface area contributed by atoms with Crippen LogP contribution in [0.25, 0.3) is 11.1 Å². The molecule has 1 heterocycles. The first kappa shape index (κ1) is 23.3. The lowest BCUT2D eigenvalue weighted by Crippen LogP contribution is -2.50. The van der Waals surface area contributed by atoms with Crippen LogP contribution in [0, 0.1) is 5.92 Å². The molecular formula is C19H21ClF3N5O2S. The monoisotopic (exact) mass is 475 g/mol. The Hall–Kier alpha value is -2.34. The summed E-state index contributed by atoms with van der Waals surface area (Å²) in [5.41, 5.74) is 15.2. The highest BCUT2D eigenvalue weighted by atomic mass is 35.5. The summed E-state index contributed by atoms with van der Waals surface area (Å²) >= 11 is 6.25. The van der Waals surface area contributed by atoms with E-state index in [4.69, 9.17) is 23.1 Å². The molecule has 0 fully saturated rings. The fourth-order valence-corrected chi connectivity index (χ4v) is 5.20. The Labute approximate surface area is 182 Å². The third-order valence-corrected chi connectivity index (χ3v) is 6.96. The summed E-state index contributed by atoms with van der Waals surface area (Å²) in [6.45, 7) is 3.53. The minimum absolute atomic E-state index is 0.0261. The largest absolute Gasteiger partial charge is 0.417 e. The molecule has 2 aromatic rings. The number of nitrogens with zero attached hydrogens (tertiary/aromatic N) is 1. The second-order valence-corrected chi connectivity index (χ2v) is 10.0. The van der Waals surface area contributed by atoms with E-state index in [0.29, 0.717) is 0 Å². The van der Waals surface area contributed by atoms with Crippen molar-refractivity contribution in [3.8, 4) is 11.1 Å². The van der Waals surface area contributed by atoms with Crippen LogP contribution in [-0.4, -0.2) is 20.1 Å². The molecule has 0 saturated carbocycles. The summed E-state index contributed by atoms with van der Waals surface area (Å²) in [7, 11) is -3.55. The molecule has 31 heavy (non-hydrogen) atoms. The van der Waals surface area contributed by atoms with Crippen LogP contribution >= 0.6 is 11.6 Å². The zero-order valence-corrected chi connectivity index (χ0v) is 18.2. The molecule has 7 nitrogen and oxygen atoms in total. The van der Waals surface area contributed by atoms with Crippen molar-refractivity contribution in [3.05, 3.63) is 52.5 Å². The molecule has 0 aliphatic carbocycles. The molecule has 12 heteroatoms. The number of benzene rings is 2. The Bertz CT molecular complexity index is 1130. The summed E-state index contributed by atoms with van der Waals surface area (Å²) in [5.74, 6) is -1.99. The van der Waals surface area contributed by atoms with E-state index in [9.17, 15) is 21.6 Å². The van der Waals surface area contributed by atoms with Gasteiger partial charge in [-0.15, -0.1) is 0 Å². The summed E-state index contributed by atoms with van der Waals surface area (Å²) in [6, 6.07) is 7.23. The molecule has 0 bridgehead atoms. The molecule has 0 aromatic heterocycles. The first-order valence-corrected chi connectivity index (χ1v) is 11.2. The van der Waals surface area contributed by atoms with Gasteiger partial charge in [0.25, 0.3) is 0 Å². The number of guanidine groups is 1. The van der Waals surface area contributed by atoms with Gasteiger partial charge >= 0.3 is 6.18 Å². The average Bonchev–Trinajstić information content (AvgIpc) is 2.99. The topological polar surface area (TPSA) is 123 Å². The van der Waals surface area contributed by atoms with E-state index in [-0.39, 0.29) is 44.2 Å². The summed E-state index contributed by atoms with van der Waals surface area (Å²) in [4.78, 5) is 3.90. The summed E-state index contributed by atoms with van der Waals surface area (Å²) in [6.07, 6.45) is -4.77. The number of alkyl halides is 3. The van der Waals surface area contributed by atoms with Gasteiger partial charge in [-0.2, -0.15) is 18.6 Å². The van der Waals surface area contributed by atoms with Crippen LogP contribution in [0.4, 0.5) is 13.2 Å². The Morgan fingerprint density at radius 3 is 2.29 bits per heavy atom. The predicted molar refractivity (Wildman–Crippen MR) is 113 cm³/mol. The van der Waals surface area contributed by atoms with Gasteiger partial charge in [0.2, 0.25) is 11.7 Å². The van der Waals surface area contributed by atoms with Gasteiger partial charge in [0.05, 0.1) is 16.2 Å². The minimum Gasteiger partial charge on any atom is -0.369 e. The quantitative estimate of drug-likeness (QED) is 0.527. The van der Waals surface area contributed by atoms with Gasteiger partial charge in [-0.05, 0) is 35.7 Å². The van der Waals surface area contributed by atoms with Crippen molar-refractivity contribution in [1.29, 1.82) is 0 Å². The molecule has 0 radical (unpaired) electrons. The maximum atomic E-state index is 13.9. The lowest BCUT2D eigenvalue weighted by Gasteiger charge is -2.24. The number of nitrogens with one attached hydrogen (secondary N) is 2. The third kappa shape index (κ3) is 4.79. The van der Waals surface area contributed by atoms with Gasteiger partial charge in [-0.3, -0.25) is 11.2 Å². The second-order valence-electron chi connectivity index (χ2n) is 7.59. The Morgan fingerprint density at radius 2 is 1.81 bits per heavy atom. The summed E-state index contributed by atoms with van der Waals surface area (Å²) < 4.78 is 66.5. The third-order valence-electron chi connectivity index (χ3n) is 4.57. The molecule has 1 aliphatic heterocycles. The number of hydrogen-bond donors (Lipinski definition) is 4. The maximum Gasteiger partial charge on any atom is 0.417 e. The molecule has 168 valence electrons. The molecule has 0 spiro atoms. The van der Waals surface area contributed by atoms with E-state index in [0.717, 1.165) is 6.07 Å². The second kappa shape index (κ2) is 7.97. The lowest BCUT2D eigenvalue weighted by molar-refractivity contribution is -0.137. The van der Waals surface area contributed by atoms with Gasteiger partial charge in [0, 0.05) is 16.1 Å². The molecule has 6 N–H and O–H groups in total. The number of rotatable bonds is 5. The van der Waals surface area contributed by atoms with E-state index in [1.165, 1.54) is 30.3 Å². The van der Waals surface area contributed by atoms with E-state index in [2.05, 4.69) is 15.8 Å². The van der Waals surface area contributed by atoms with Gasteiger partial charge in [-0.25, -0.2) is 13.4 Å². The molecule has 2 aromatic carbocycles. The van der Waals surface area contributed by atoms with Crippen LogP contribution in [-0.2, 0) is 21.8 Å². The number of hydrogen-bond acceptors (Lipinski definition) is 7. The molecule has 1 unspecified atom stereocenters. The number of aliphatic imine (C=N–C) groups is 1. The van der Waals surface area contributed by atoms with Crippen LogP contribution in [0.2, 0.25) is 5.02 Å².